The van der Waals surface area contributed by atoms with E-state index in [4.69, 9.17) is 0 Å². The van der Waals surface area contributed by atoms with Gasteiger partial charge in [0.15, 0.2) is 0 Å². The van der Waals surface area contributed by atoms with Crippen LogP contribution in [-0.2, 0) is 4.79 Å². The molecule has 1 aromatic carbocycles. The van der Waals surface area contributed by atoms with Gasteiger partial charge in [0, 0.05) is 17.1 Å². The summed E-state index contributed by atoms with van der Waals surface area (Å²) in [6, 6.07) is 7.52. The van der Waals surface area contributed by atoms with E-state index in [2.05, 4.69) is 10.3 Å². The fraction of sp³-hybridized carbons (Fsp3) is 0.0909. The van der Waals surface area contributed by atoms with Crippen LogP contribution < -0.4 is 5.32 Å². The van der Waals surface area contributed by atoms with Crippen LogP contribution in [0.2, 0.25) is 0 Å². The molecule has 1 amide bonds. The van der Waals surface area contributed by atoms with Crippen molar-refractivity contribution in [3.8, 4) is 0 Å². The molecule has 2 N–H and O–H groups in total. The molecule has 0 bridgehead atoms. The molecule has 0 fully saturated rings. The molecule has 1 aromatic heterocycles. The first-order valence-corrected chi connectivity index (χ1v) is 4.61. The Morgan fingerprint density at radius 2 is 2.20 bits per heavy atom. The highest BCUT2D eigenvalue weighted by atomic mass is 16.2. The Balaban J connectivity index is 2.35. The molecular formula is C11H10N2O2. The van der Waals surface area contributed by atoms with Gasteiger partial charge in [-0.1, -0.05) is 18.2 Å². The molecule has 2 rings (SSSR count). The SMILES string of the molecule is O=CCNC(=O)c1c[nH]c2ccccc12. The second-order valence-electron chi connectivity index (χ2n) is 3.12. The smallest absolute Gasteiger partial charge is 0.253 e. The number of aromatic amines is 1. The lowest BCUT2D eigenvalue weighted by Gasteiger charge is -1.98. The standard InChI is InChI=1S/C11H10N2O2/c14-6-5-12-11(15)9-7-13-10-4-2-1-3-8(9)10/h1-4,6-7,13H,5H2,(H,12,15). The Labute approximate surface area is 86.3 Å². The number of H-pyrrole nitrogens is 1. The van der Waals surface area contributed by atoms with Gasteiger partial charge in [0.25, 0.3) is 5.91 Å². The molecule has 1 heterocycles. The molecule has 0 saturated carbocycles. The van der Waals surface area contributed by atoms with Crippen LogP contribution in [-0.4, -0.2) is 23.7 Å². The zero-order chi connectivity index (χ0) is 10.7. The molecule has 0 atom stereocenters. The van der Waals surface area contributed by atoms with Crippen molar-refractivity contribution in [1.29, 1.82) is 0 Å². The third-order valence-corrected chi connectivity index (χ3v) is 2.18. The van der Waals surface area contributed by atoms with Crippen molar-refractivity contribution in [1.82, 2.24) is 10.3 Å². The quantitative estimate of drug-likeness (QED) is 0.732. The molecule has 4 heteroatoms. The number of benzene rings is 1. The van der Waals surface area contributed by atoms with Crippen LogP contribution in [0.3, 0.4) is 0 Å². The third-order valence-electron chi connectivity index (χ3n) is 2.18. The molecule has 0 unspecified atom stereocenters. The van der Waals surface area contributed by atoms with Gasteiger partial charge in [-0.05, 0) is 6.07 Å². The number of aldehydes is 1. The van der Waals surface area contributed by atoms with E-state index < -0.39 is 0 Å². The number of hydrogen-bond donors (Lipinski definition) is 2. The average Bonchev–Trinajstić information content (AvgIpc) is 2.69. The van der Waals surface area contributed by atoms with E-state index in [1.54, 1.807) is 6.20 Å². The van der Waals surface area contributed by atoms with Gasteiger partial charge in [0.05, 0.1) is 12.1 Å². The molecular weight excluding hydrogens is 192 g/mol. The Bertz CT molecular complexity index is 502. The summed E-state index contributed by atoms with van der Waals surface area (Å²) in [5, 5.41) is 3.36. The first-order chi connectivity index (χ1) is 7.33. The van der Waals surface area contributed by atoms with Gasteiger partial charge in [0.1, 0.15) is 6.29 Å². The van der Waals surface area contributed by atoms with Gasteiger partial charge in [0.2, 0.25) is 0 Å². The summed E-state index contributed by atoms with van der Waals surface area (Å²) in [5.41, 5.74) is 1.47. The van der Waals surface area contributed by atoms with E-state index in [0.29, 0.717) is 11.8 Å². The average molecular weight is 202 g/mol. The van der Waals surface area contributed by atoms with E-state index in [0.717, 1.165) is 10.9 Å². The lowest BCUT2D eigenvalue weighted by molar-refractivity contribution is -0.107. The first kappa shape index (κ1) is 9.45. The second kappa shape index (κ2) is 3.96. The van der Waals surface area contributed by atoms with E-state index in [-0.39, 0.29) is 12.5 Å². The number of fused-ring (bicyclic) bond motifs is 1. The fourth-order valence-corrected chi connectivity index (χ4v) is 1.49. The number of carbonyl (C=O) groups is 2. The lowest BCUT2D eigenvalue weighted by Crippen LogP contribution is -2.24. The van der Waals surface area contributed by atoms with Crippen molar-refractivity contribution < 1.29 is 9.59 Å². The molecule has 0 spiro atoms. The monoisotopic (exact) mass is 202 g/mol. The van der Waals surface area contributed by atoms with Crippen LogP contribution in [0.1, 0.15) is 10.4 Å². The second-order valence-corrected chi connectivity index (χ2v) is 3.12. The van der Waals surface area contributed by atoms with E-state index in [9.17, 15) is 9.59 Å². The summed E-state index contributed by atoms with van der Waals surface area (Å²) < 4.78 is 0. The maximum atomic E-state index is 11.6. The molecule has 0 aliphatic rings. The number of nitrogens with one attached hydrogen (secondary N) is 2. The molecule has 0 aliphatic heterocycles. The molecule has 0 radical (unpaired) electrons. The summed E-state index contributed by atoms with van der Waals surface area (Å²) >= 11 is 0. The predicted octanol–water partition coefficient (Wildman–Crippen LogP) is 1.10. The maximum Gasteiger partial charge on any atom is 0.253 e. The minimum Gasteiger partial charge on any atom is -0.360 e. The fourth-order valence-electron chi connectivity index (χ4n) is 1.49. The lowest BCUT2D eigenvalue weighted by atomic mass is 10.1. The van der Waals surface area contributed by atoms with Crippen molar-refractivity contribution in [2.75, 3.05) is 6.54 Å². The zero-order valence-electron chi connectivity index (χ0n) is 7.99. The van der Waals surface area contributed by atoms with Gasteiger partial charge < -0.3 is 15.1 Å². The summed E-state index contributed by atoms with van der Waals surface area (Å²) in [5.74, 6) is -0.237. The van der Waals surface area contributed by atoms with Crippen LogP contribution in [0, 0.1) is 0 Å². The summed E-state index contributed by atoms with van der Waals surface area (Å²) in [6.07, 6.45) is 2.30. The first-order valence-electron chi connectivity index (χ1n) is 4.61. The van der Waals surface area contributed by atoms with Crippen LogP contribution in [0.5, 0.6) is 0 Å². The predicted molar refractivity (Wildman–Crippen MR) is 56.7 cm³/mol. The van der Waals surface area contributed by atoms with E-state index >= 15 is 0 Å². The zero-order valence-corrected chi connectivity index (χ0v) is 7.99. The van der Waals surface area contributed by atoms with Crippen molar-refractivity contribution in [2.45, 2.75) is 0 Å². The van der Waals surface area contributed by atoms with Crippen LogP contribution in [0.4, 0.5) is 0 Å². The number of amides is 1. The topological polar surface area (TPSA) is 62.0 Å². The Morgan fingerprint density at radius 1 is 1.40 bits per heavy atom. The van der Waals surface area contributed by atoms with Crippen molar-refractivity contribution in [3.63, 3.8) is 0 Å². The van der Waals surface area contributed by atoms with Crippen LogP contribution in [0.25, 0.3) is 10.9 Å². The Kier molecular flexibility index (Phi) is 2.49. The van der Waals surface area contributed by atoms with E-state index in [1.165, 1.54) is 0 Å². The molecule has 4 nitrogen and oxygen atoms in total. The minimum atomic E-state index is -0.237. The van der Waals surface area contributed by atoms with Crippen molar-refractivity contribution >= 4 is 23.1 Å². The number of hydrogen-bond acceptors (Lipinski definition) is 2. The van der Waals surface area contributed by atoms with Gasteiger partial charge >= 0.3 is 0 Å². The highest BCUT2D eigenvalue weighted by molar-refractivity contribution is 6.07. The van der Waals surface area contributed by atoms with Crippen LogP contribution >= 0.6 is 0 Å². The van der Waals surface area contributed by atoms with E-state index in [1.807, 2.05) is 24.3 Å². The molecule has 0 aliphatic carbocycles. The van der Waals surface area contributed by atoms with Crippen LogP contribution in [0.15, 0.2) is 30.5 Å². The molecule has 76 valence electrons. The summed E-state index contributed by atoms with van der Waals surface area (Å²) in [6.45, 7) is 0.0400. The highest BCUT2D eigenvalue weighted by Gasteiger charge is 2.10. The highest BCUT2D eigenvalue weighted by Crippen LogP contribution is 2.17. The maximum absolute atomic E-state index is 11.6. The number of carbonyl (C=O) groups excluding carboxylic acids is 2. The molecule has 2 aromatic rings. The Hall–Kier alpha value is -2.10. The number of para-hydroxylation sites is 1. The van der Waals surface area contributed by atoms with Gasteiger partial charge in [-0.25, -0.2) is 0 Å². The number of rotatable bonds is 3. The number of aromatic nitrogens is 1. The molecule has 15 heavy (non-hydrogen) atoms. The summed E-state index contributed by atoms with van der Waals surface area (Å²) in [7, 11) is 0. The third kappa shape index (κ3) is 1.74. The van der Waals surface area contributed by atoms with Crippen molar-refractivity contribution in [2.24, 2.45) is 0 Å². The molecule has 0 saturated heterocycles. The largest absolute Gasteiger partial charge is 0.360 e. The minimum absolute atomic E-state index is 0.0400. The van der Waals surface area contributed by atoms with Gasteiger partial charge in [-0.3, -0.25) is 4.79 Å². The van der Waals surface area contributed by atoms with Gasteiger partial charge in [-0.2, -0.15) is 0 Å². The van der Waals surface area contributed by atoms with Crippen molar-refractivity contribution in [3.05, 3.63) is 36.0 Å². The normalized spacial score (nSPS) is 10.1. The Morgan fingerprint density at radius 3 is 3.00 bits per heavy atom. The summed E-state index contributed by atoms with van der Waals surface area (Å²) in [4.78, 5) is 24.7. The van der Waals surface area contributed by atoms with Gasteiger partial charge in [-0.15, -0.1) is 0 Å².